The molecule has 1 heterocycles. The highest BCUT2D eigenvalue weighted by atomic mass is 16.5. The fraction of sp³-hybridized carbons (Fsp3) is 0.0909. The maximum absolute atomic E-state index is 9.23. The molecule has 2 heteroatoms. The average molecular weight is 174 g/mol. The lowest BCUT2D eigenvalue weighted by Crippen LogP contribution is -1.69. The van der Waals surface area contributed by atoms with Gasteiger partial charge < -0.3 is 9.52 Å². The number of hydrogen-bond donors (Lipinski definition) is 1. The predicted octanol–water partition coefficient (Wildman–Crippen LogP) is 2.96. The van der Waals surface area contributed by atoms with Gasteiger partial charge in [-0.1, -0.05) is 30.3 Å². The first-order valence-corrected chi connectivity index (χ1v) is 4.12. The van der Waals surface area contributed by atoms with E-state index in [-0.39, 0.29) is 5.95 Å². The van der Waals surface area contributed by atoms with E-state index in [0.29, 0.717) is 5.76 Å². The van der Waals surface area contributed by atoms with Gasteiger partial charge in [-0.05, 0) is 13.0 Å². The molecule has 0 saturated heterocycles. The second-order valence-corrected chi connectivity index (χ2v) is 2.96. The molecule has 0 aliphatic carbocycles. The molecule has 0 saturated carbocycles. The molecule has 0 spiro atoms. The van der Waals surface area contributed by atoms with Crippen molar-refractivity contribution in [1.82, 2.24) is 0 Å². The first-order chi connectivity index (χ1) is 6.27. The number of aryl methyl sites for hydroxylation is 1. The van der Waals surface area contributed by atoms with E-state index in [9.17, 15) is 5.11 Å². The van der Waals surface area contributed by atoms with Crippen LogP contribution in [0.2, 0.25) is 0 Å². The molecular formula is C11H10O2. The number of aromatic hydroxyl groups is 1. The molecule has 2 rings (SSSR count). The molecule has 1 aromatic carbocycles. The third-order valence-corrected chi connectivity index (χ3v) is 1.95. The minimum Gasteiger partial charge on any atom is -0.481 e. The van der Waals surface area contributed by atoms with Crippen LogP contribution < -0.4 is 0 Å². The maximum atomic E-state index is 9.23. The van der Waals surface area contributed by atoms with Crippen LogP contribution in [0.5, 0.6) is 5.95 Å². The van der Waals surface area contributed by atoms with E-state index in [4.69, 9.17) is 4.42 Å². The van der Waals surface area contributed by atoms with Gasteiger partial charge in [0.25, 0.3) is 5.95 Å². The molecule has 0 fully saturated rings. The summed E-state index contributed by atoms with van der Waals surface area (Å²) in [6, 6.07) is 11.5. The summed E-state index contributed by atoms with van der Waals surface area (Å²) < 4.78 is 5.16. The molecule has 2 nitrogen and oxygen atoms in total. The van der Waals surface area contributed by atoms with Gasteiger partial charge in [0.1, 0.15) is 5.76 Å². The summed E-state index contributed by atoms with van der Waals surface area (Å²) in [6.45, 7) is 1.81. The molecule has 1 aromatic heterocycles. The van der Waals surface area contributed by atoms with Gasteiger partial charge in [-0.2, -0.15) is 0 Å². The van der Waals surface area contributed by atoms with Gasteiger partial charge in [-0.25, -0.2) is 0 Å². The Balaban J connectivity index is 2.48. The van der Waals surface area contributed by atoms with Gasteiger partial charge >= 0.3 is 0 Å². The number of hydrogen-bond acceptors (Lipinski definition) is 2. The van der Waals surface area contributed by atoms with Crippen molar-refractivity contribution in [3.05, 3.63) is 42.0 Å². The van der Waals surface area contributed by atoms with Gasteiger partial charge in [0, 0.05) is 11.1 Å². The van der Waals surface area contributed by atoms with E-state index < -0.39 is 0 Å². The Labute approximate surface area is 76.4 Å². The molecule has 13 heavy (non-hydrogen) atoms. The van der Waals surface area contributed by atoms with Crippen molar-refractivity contribution < 1.29 is 9.52 Å². The summed E-state index contributed by atoms with van der Waals surface area (Å²) >= 11 is 0. The van der Waals surface area contributed by atoms with Crippen molar-refractivity contribution in [1.29, 1.82) is 0 Å². The first-order valence-electron chi connectivity index (χ1n) is 4.12. The van der Waals surface area contributed by atoms with E-state index >= 15 is 0 Å². The molecule has 2 aromatic rings. The minimum absolute atomic E-state index is 0.00106. The van der Waals surface area contributed by atoms with Crippen molar-refractivity contribution in [3.8, 4) is 17.3 Å². The minimum atomic E-state index is -0.00106. The van der Waals surface area contributed by atoms with Gasteiger partial charge in [-0.3, -0.25) is 0 Å². The second-order valence-electron chi connectivity index (χ2n) is 2.96. The number of rotatable bonds is 1. The fourth-order valence-electron chi connectivity index (χ4n) is 1.22. The largest absolute Gasteiger partial charge is 0.481 e. The Morgan fingerprint density at radius 1 is 1.15 bits per heavy atom. The zero-order valence-corrected chi connectivity index (χ0v) is 7.32. The highest BCUT2D eigenvalue weighted by Gasteiger charge is 2.06. The Morgan fingerprint density at radius 2 is 1.85 bits per heavy atom. The second kappa shape index (κ2) is 2.98. The molecule has 0 aliphatic rings. The van der Waals surface area contributed by atoms with Crippen molar-refractivity contribution in [2.45, 2.75) is 6.92 Å². The smallest absolute Gasteiger partial charge is 0.285 e. The van der Waals surface area contributed by atoms with Crippen LogP contribution in [0.25, 0.3) is 11.3 Å². The van der Waals surface area contributed by atoms with Crippen LogP contribution in [0.4, 0.5) is 0 Å². The van der Waals surface area contributed by atoms with E-state index in [1.807, 2.05) is 43.3 Å². The Bertz CT molecular complexity index is 382. The summed E-state index contributed by atoms with van der Waals surface area (Å²) in [5, 5.41) is 9.23. The van der Waals surface area contributed by atoms with Gasteiger partial charge in [-0.15, -0.1) is 0 Å². The summed E-state index contributed by atoms with van der Waals surface area (Å²) in [5.41, 5.74) is 1.74. The predicted molar refractivity (Wildman–Crippen MR) is 50.5 cm³/mol. The van der Waals surface area contributed by atoms with E-state index in [2.05, 4.69) is 0 Å². The molecule has 0 radical (unpaired) electrons. The zero-order chi connectivity index (χ0) is 9.26. The third-order valence-electron chi connectivity index (χ3n) is 1.95. The van der Waals surface area contributed by atoms with E-state index in [0.717, 1.165) is 11.1 Å². The number of benzene rings is 1. The van der Waals surface area contributed by atoms with Crippen LogP contribution >= 0.6 is 0 Å². The topological polar surface area (TPSA) is 33.4 Å². The summed E-state index contributed by atoms with van der Waals surface area (Å²) in [5.74, 6) is 0.703. The Kier molecular flexibility index (Phi) is 1.81. The summed E-state index contributed by atoms with van der Waals surface area (Å²) in [7, 11) is 0. The lowest BCUT2D eigenvalue weighted by molar-refractivity contribution is 0.334. The van der Waals surface area contributed by atoms with Crippen LogP contribution in [-0.2, 0) is 0 Å². The number of furan rings is 1. The maximum Gasteiger partial charge on any atom is 0.285 e. The third kappa shape index (κ3) is 1.43. The summed E-state index contributed by atoms with van der Waals surface area (Å²) in [4.78, 5) is 0. The van der Waals surface area contributed by atoms with Crippen molar-refractivity contribution >= 4 is 0 Å². The van der Waals surface area contributed by atoms with Crippen LogP contribution in [0, 0.1) is 6.92 Å². The van der Waals surface area contributed by atoms with Gasteiger partial charge in [0.05, 0.1) is 0 Å². The molecule has 0 unspecified atom stereocenters. The van der Waals surface area contributed by atoms with Gasteiger partial charge in [0.15, 0.2) is 0 Å². The van der Waals surface area contributed by atoms with E-state index in [1.165, 1.54) is 0 Å². The molecule has 66 valence electrons. The van der Waals surface area contributed by atoms with Crippen molar-refractivity contribution in [2.75, 3.05) is 0 Å². The zero-order valence-electron chi connectivity index (χ0n) is 7.32. The first kappa shape index (κ1) is 7.92. The SMILES string of the molecule is Cc1cc(-c2ccccc2)oc1O. The Hall–Kier alpha value is -1.70. The molecular weight excluding hydrogens is 164 g/mol. The Morgan fingerprint density at radius 3 is 2.38 bits per heavy atom. The van der Waals surface area contributed by atoms with Crippen LogP contribution in [-0.4, -0.2) is 5.11 Å². The highest BCUT2D eigenvalue weighted by Crippen LogP contribution is 2.28. The molecule has 0 aliphatic heterocycles. The lowest BCUT2D eigenvalue weighted by atomic mass is 10.1. The highest BCUT2D eigenvalue weighted by molar-refractivity contribution is 5.59. The standard InChI is InChI=1S/C11H10O2/c1-8-7-10(13-11(8)12)9-5-3-2-4-6-9/h2-7,12H,1H3. The van der Waals surface area contributed by atoms with Gasteiger partial charge in [0.2, 0.25) is 0 Å². The lowest BCUT2D eigenvalue weighted by Gasteiger charge is -1.93. The monoisotopic (exact) mass is 174 g/mol. The summed E-state index contributed by atoms with van der Waals surface area (Å²) in [6.07, 6.45) is 0. The normalized spacial score (nSPS) is 10.2. The molecule has 1 N–H and O–H groups in total. The van der Waals surface area contributed by atoms with Crippen LogP contribution in [0.15, 0.2) is 40.8 Å². The molecule has 0 atom stereocenters. The molecule has 0 amide bonds. The van der Waals surface area contributed by atoms with Crippen molar-refractivity contribution in [2.24, 2.45) is 0 Å². The average Bonchev–Trinajstić information content (AvgIpc) is 2.49. The van der Waals surface area contributed by atoms with Crippen LogP contribution in [0.3, 0.4) is 0 Å². The van der Waals surface area contributed by atoms with Crippen molar-refractivity contribution in [3.63, 3.8) is 0 Å². The van der Waals surface area contributed by atoms with Crippen LogP contribution in [0.1, 0.15) is 5.56 Å². The molecule has 0 bridgehead atoms. The fourth-order valence-corrected chi connectivity index (χ4v) is 1.22. The van der Waals surface area contributed by atoms with E-state index in [1.54, 1.807) is 0 Å². The quantitative estimate of drug-likeness (QED) is 0.721.